The van der Waals surface area contributed by atoms with Crippen LogP contribution >= 0.6 is 0 Å². The van der Waals surface area contributed by atoms with Gasteiger partial charge >= 0.3 is 0 Å². The van der Waals surface area contributed by atoms with E-state index in [0.29, 0.717) is 25.6 Å². The second kappa shape index (κ2) is 10.6. The molecule has 1 amide bonds. The second-order valence-electron chi connectivity index (χ2n) is 8.61. The van der Waals surface area contributed by atoms with Crippen LogP contribution in [0.1, 0.15) is 12.8 Å². The molecule has 10 heteroatoms. The molecule has 0 bridgehead atoms. The molecule has 182 valence electrons. The van der Waals surface area contributed by atoms with Crippen molar-refractivity contribution in [1.82, 2.24) is 20.2 Å². The summed E-state index contributed by atoms with van der Waals surface area (Å²) in [6.07, 6.45) is 3.21. The highest BCUT2D eigenvalue weighted by molar-refractivity contribution is 5.92. The van der Waals surface area contributed by atoms with Gasteiger partial charge in [-0.25, -0.2) is 9.97 Å². The molecular weight excluding hydrogens is 446 g/mol. The molecule has 0 saturated carbocycles. The van der Waals surface area contributed by atoms with Crippen LogP contribution in [0.2, 0.25) is 0 Å². The number of nitrogens with one attached hydrogen (secondary N) is 1. The van der Waals surface area contributed by atoms with Crippen molar-refractivity contribution in [3.63, 3.8) is 0 Å². The van der Waals surface area contributed by atoms with Crippen LogP contribution in [0.25, 0.3) is 11.3 Å². The topological polar surface area (TPSA) is 106 Å². The molecule has 0 aliphatic carbocycles. The summed E-state index contributed by atoms with van der Waals surface area (Å²) < 4.78 is 10.8. The molecule has 10 nitrogen and oxygen atoms in total. The first-order chi connectivity index (χ1) is 17.2. The molecule has 1 unspecified atom stereocenters. The predicted molar refractivity (Wildman–Crippen MR) is 133 cm³/mol. The Morgan fingerprint density at radius 3 is 2.69 bits per heavy atom. The molecule has 3 aromatic rings. The van der Waals surface area contributed by atoms with Crippen molar-refractivity contribution in [3.05, 3.63) is 48.8 Å². The van der Waals surface area contributed by atoms with Gasteiger partial charge in [-0.1, -0.05) is 12.1 Å². The zero-order chi connectivity index (χ0) is 24.0. The number of ether oxygens (including phenoxy) is 2. The Kier molecular flexibility index (Phi) is 6.99. The lowest BCUT2D eigenvalue weighted by Crippen LogP contribution is -2.41. The summed E-state index contributed by atoms with van der Waals surface area (Å²) in [4.78, 5) is 25.9. The van der Waals surface area contributed by atoms with Gasteiger partial charge in [0.2, 0.25) is 5.91 Å². The van der Waals surface area contributed by atoms with Crippen LogP contribution < -0.4 is 19.9 Å². The van der Waals surface area contributed by atoms with E-state index in [1.165, 1.54) is 6.33 Å². The number of piperidine rings is 1. The van der Waals surface area contributed by atoms with E-state index in [4.69, 9.17) is 9.47 Å². The summed E-state index contributed by atoms with van der Waals surface area (Å²) in [6.45, 7) is 4.31. The van der Waals surface area contributed by atoms with Gasteiger partial charge in [0.25, 0.3) is 0 Å². The number of hydrogen-bond acceptors (Lipinski definition) is 9. The van der Waals surface area contributed by atoms with Gasteiger partial charge in [0.15, 0.2) is 5.82 Å². The first kappa shape index (κ1) is 23.0. The van der Waals surface area contributed by atoms with E-state index in [9.17, 15) is 4.79 Å². The molecule has 5 rings (SSSR count). The number of anilines is 3. The van der Waals surface area contributed by atoms with Gasteiger partial charge in [-0.3, -0.25) is 4.79 Å². The lowest BCUT2D eigenvalue weighted by Gasteiger charge is -2.32. The lowest BCUT2D eigenvalue weighted by atomic mass is 9.97. The molecule has 2 aliphatic rings. The standard InChI is InChI=1S/C25H29N7O3/c1-34-21-7-3-2-6-19(21)20-8-9-23(30-29-20)32-10-4-5-18(16-32)25(33)28-22-15-24(27-17-26-22)31-11-13-35-14-12-31/h2-3,6-9,15,17-18H,4-5,10-14,16H2,1H3,(H,26,27,28,33). The minimum absolute atomic E-state index is 0.0417. The van der Waals surface area contributed by atoms with Gasteiger partial charge < -0.3 is 24.6 Å². The van der Waals surface area contributed by atoms with Crippen LogP contribution in [0, 0.1) is 5.92 Å². The van der Waals surface area contributed by atoms with E-state index < -0.39 is 0 Å². The highest BCUT2D eigenvalue weighted by atomic mass is 16.5. The fourth-order valence-corrected chi connectivity index (χ4v) is 4.50. The average Bonchev–Trinajstić information content (AvgIpc) is 2.94. The third kappa shape index (κ3) is 5.32. The van der Waals surface area contributed by atoms with Crippen LogP contribution in [0.3, 0.4) is 0 Å². The largest absolute Gasteiger partial charge is 0.496 e. The van der Waals surface area contributed by atoms with Gasteiger partial charge in [0.1, 0.15) is 23.7 Å². The molecule has 35 heavy (non-hydrogen) atoms. The summed E-state index contributed by atoms with van der Waals surface area (Å²) in [5.41, 5.74) is 1.64. The Morgan fingerprint density at radius 2 is 1.89 bits per heavy atom. The number of rotatable bonds is 6. The summed E-state index contributed by atoms with van der Waals surface area (Å²) >= 11 is 0. The smallest absolute Gasteiger partial charge is 0.230 e. The number of carbonyl (C=O) groups excluding carboxylic acids is 1. The maximum absolute atomic E-state index is 13.1. The van der Waals surface area contributed by atoms with E-state index in [1.54, 1.807) is 7.11 Å². The van der Waals surface area contributed by atoms with E-state index in [2.05, 4.69) is 35.3 Å². The molecule has 2 aliphatic heterocycles. The van der Waals surface area contributed by atoms with Gasteiger partial charge in [-0.05, 0) is 37.1 Å². The minimum atomic E-state index is -0.166. The third-order valence-corrected chi connectivity index (χ3v) is 6.39. The fourth-order valence-electron chi connectivity index (χ4n) is 4.50. The van der Waals surface area contributed by atoms with Crippen molar-refractivity contribution < 1.29 is 14.3 Å². The highest BCUT2D eigenvalue weighted by Crippen LogP contribution is 2.29. The average molecular weight is 476 g/mol. The Bertz CT molecular complexity index is 1150. The highest BCUT2D eigenvalue weighted by Gasteiger charge is 2.27. The van der Waals surface area contributed by atoms with Crippen molar-refractivity contribution in [2.45, 2.75) is 12.8 Å². The first-order valence-electron chi connectivity index (χ1n) is 11.9. The maximum atomic E-state index is 13.1. The number of nitrogens with zero attached hydrogens (tertiary/aromatic N) is 6. The number of methoxy groups -OCH3 is 1. The van der Waals surface area contributed by atoms with Gasteiger partial charge in [-0.15, -0.1) is 10.2 Å². The maximum Gasteiger partial charge on any atom is 0.230 e. The van der Waals surface area contributed by atoms with E-state index >= 15 is 0 Å². The monoisotopic (exact) mass is 475 g/mol. The van der Waals surface area contributed by atoms with Crippen LogP contribution in [-0.2, 0) is 9.53 Å². The lowest BCUT2D eigenvalue weighted by molar-refractivity contribution is -0.120. The Hall–Kier alpha value is -3.79. The van der Waals surface area contributed by atoms with Gasteiger partial charge in [0, 0.05) is 37.8 Å². The number of para-hydroxylation sites is 1. The quantitative estimate of drug-likeness (QED) is 0.576. The molecule has 1 N–H and O–H groups in total. The van der Waals surface area contributed by atoms with E-state index in [1.807, 2.05) is 42.5 Å². The number of morpholine rings is 1. The molecule has 1 atom stereocenters. The zero-order valence-electron chi connectivity index (χ0n) is 19.8. The number of amides is 1. The molecule has 1 aromatic carbocycles. The molecule has 0 spiro atoms. The fraction of sp³-hybridized carbons (Fsp3) is 0.400. The van der Waals surface area contributed by atoms with Crippen LogP contribution in [0.15, 0.2) is 48.8 Å². The van der Waals surface area contributed by atoms with Crippen molar-refractivity contribution in [2.24, 2.45) is 5.92 Å². The van der Waals surface area contributed by atoms with E-state index in [0.717, 1.165) is 61.1 Å². The molecule has 2 saturated heterocycles. The van der Waals surface area contributed by atoms with Crippen LogP contribution in [0.5, 0.6) is 5.75 Å². The van der Waals surface area contributed by atoms with Crippen molar-refractivity contribution in [1.29, 1.82) is 0 Å². The Labute approximate surface area is 204 Å². The molecular formula is C25H29N7O3. The number of hydrogen-bond donors (Lipinski definition) is 1. The molecule has 2 fully saturated rings. The van der Waals surface area contributed by atoms with Crippen molar-refractivity contribution >= 4 is 23.4 Å². The predicted octanol–water partition coefficient (Wildman–Crippen LogP) is 2.63. The van der Waals surface area contributed by atoms with Crippen molar-refractivity contribution in [2.75, 3.05) is 61.6 Å². The van der Waals surface area contributed by atoms with Crippen LogP contribution in [0.4, 0.5) is 17.5 Å². The number of carbonyl (C=O) groups is 1. The van der Waals surface area contributed by atoms with Gasteiger partial charge in [0.05, 0.1) is 31.9 Å². The Balaban J connectivity index is 1.23. The normalized spacial score (nSPS) is 18.3. The summed E-state index contributed by atoms with van der Waals surface area (Å²) in [5, 5.41) is 11.9. The summed E-state index contributed by atoms with van der Waals surface area (Å²) in [7, 11) is 1.64. The SMILES string of the molecule is COc1ccccc1-c1ccc(N2CCCC(C(=O)Nc3cc(N4CCOCC4)ncn3)C2)nn1. The van der Waals surface area contributed by atoms with Crippen LogP contribution in [-0.4, -0.2) is 72.6 Å². The van der Waals surface area contributed by atoms with Gasteiger partial charge in [-0.2, -0.15) is 0 Å². The van der Waals surface area contributed by atoms with E-state index in [-0.39, 0.29) is 11.8 Å². The summed E-state index contributed by atoms with van der Waals surface area (Å²) in [5.74, 6) is 2.63. The Morgan fingerprint density at radius 1 is 1.03 bits per heavy atom. The van der Waals surface area contributed by atoms with Crippen molar-refractivity contribution in [3.8, 4) is 17.0 Å². The number of aromatic nitrogens is 4. The molecule has 0 radical (unpaired) electrons. The third-order valence-electron chi connectivity index (χ3n) is 6.39. The first-order valence-corrected chi connectivity index (χ1v) is 11.9. The summed E-state index contributed by atoms with van der Waals surface area (Å²) in [6, 6.07) is 13.5. The molecule has 4 heterocycles. The second-order valence-corrected chi connectivity index (χ2v) is 8.61. The minimum Gasteiger partial charge on any atom is -0.496 e. The zero-order valence-corrected chi connectivity index (χ0v) is 19.8. The number of benzene rings is 1. The molecule has 2 aromatic heterocycles.